The molecule has 4 nitrogen and oxygen atoms in total. The van der Waals surface area contributed by atoms with Crippen molar-refractivity contribution in [3.05, 3.63) is 143 Å². The highest BCUT2D eigenvalue weighted by atomic mass is 19.4. The van der Waals surface area contributed by atoms with Crippen LogP contribution in [0, 0.1) is 53.5 Å². The number of furan rings is 2. The van der Waals surface area contributed by atoms with Crippen LogP contribution in [0.5, 0.6) is 0 Å². The van der Waals surface area contributed by atoms with Gasteiger partial charge in [-0.2, -0.15) is 13.2 Å². The molecule has 0 aliphatic carbocycles. The first-order valence-corrected chi connectivity index (χ1v) is 16.7. The van der Waals surface area contributed by atoms with Gasteiger partial charge in [0.25, 0.3) is 0 Å². The Morgan fingerprint density at radius 2 is 0.825 bits per heavy atom. The van der Waals surface area contributed by atoms with E-state index in [-0.39, 0.29) is 33.2 Å². The molecule has 0 aliphatic heterocycles. The Morgan fingerprint density at radius 1 is 0.456 bits per heavy atom. The molecular weight excluding hydrogens is 773 g/mol. The molecule has 57 heavy (non-hydrogen) atoms. The summed E-state index contributed by atoms with van der Waals surface area (Å²) >= 11 is 0. The van der Waals surface area contributed by atoms with E-state index in [2.05, 4.69) is 9.97 Å². The van der Waals surface area contributed by atoms with Crippen molar-refractivity contribution < 1.29 is 57.1 Å². The summed E-state index contributed by atoms with van der Waals surface area (Å²) in [6, 6.07) is 17.7. The van der Waals surface area contributed by atoms with Crippen LogP contribution in [-0.4, -0.2) is 9.97 Å². The molecule has 15 heteroatoms. The number of nitrogens with zero attached hydrogens (tertiary/aromatic N) is 2. The van der Waals surface area contributed by atoms with E-state index in [1.807, 2.05) is 0 Å². The molecule has 5 aromatic carbocycles. The first kappa shape index (κ1) is 35.9. The van der Waals surface area contributed by atoms with Crippen molar-refractivity contribution in [3.8, 4) is 44.5 Å². The molecule has 9 aromatic rings. The predicted molar refractivity (Wildman–Crippen MR) is 188 cm³/mol. The van der Waals surface area contributed by atoms with E-state index in [1.54, 1.807) is 36.4 Å². The Kier molecular flexibility index (Phi) is 7.95. The molecule has 0 atom stereocenters. The average Bonchev–Trinajstić information content (AvgIpc) is 3.76. The molecule has 0 saturated heterocycles. The number of pyridine rings is 2. The van der Waals surface area contributed by atoms with Crippen molar-refractivity contribution in [1.82, 2.24) is 9.97 Å². The molecule has 4 heterocycles. The van der Waals surface area contributed by atoms with E-state index < -0.39 is 80.5 Å². The Balaban J connectivity index is 1.10. The Morgan fingerprint density at radius 3 is 1.21 bits per heavy atom. The van der Waals surface area contributed by atoms with Gasteiger partial charge in [-0.05, 0) is 65.6 Å². The van der Waals surface area contributed by atoms with Gasteiger partial charge in [0.15, 0.2) is 57.7 Å². The number of rotatable bonds is 4. The SMILES string of the molecule is Cc1c(F)c(F)c(-c2ccc3oc4c(-c5ccc(-c6ccnc7c6oc6ccc(-c8c(F)c(F)c(C(F)(F)F)c(F)c8F)cc67)cc5)ccnc4c3c2)c(F)c1F. The minimum atomic E-state index is -5.69. The van der Waals surface area contributed by atoms with Gasteiger partial charge in [-0.15, -0.1) is 0 Å². The normalized spacial score (nSPS) is 12.2. The smallest absolute Gasteiger partial charge is 0.422 e. The summed E-state index contributed by atoms with van der Waals surface area (Å²) in [6.45, 7) is 0.929. The summed E-state index contributed by atoms with van der Waals surface area (Å²) in [5.74, 6) is -15.7. The molecule has 0 spiro atoms. The van der Waals surface area contributed by atoms with Crippen molar-refractivity contribution in [3.63, 3.8) is 0 Å². The third-order valence-corrected chi connectivity index (χ3v) is 9.82. The van der Waals surface area contributed by atoms with Crippen LogP contribution < -0.4 is 0 Å². The van der Waals surface area contributed by atoms with Crippen LogP contribution in [0.15, 0.2) is 94.0 Å². The van der Waals surface area contributed by atoms with Crippen LogP contribution in [-0.2, 0) is 6.18 Å². The van der Waals surface area contributed by atoms with Crippen molar-refractivity contribution >= 4 is 44.1 Å². The van der Waals surface area contributed by atoms with Gasteiger partial charge in [0.2, 0.25) is 0 Å². The fraction of sp³-hybridized carbons (Fsp3) is 0.0476. The van der Waals surface area contributed by atoms with Crippen molar-refractivity contribution in [1.29, 1.82) is 0 Å². The third-order valence-electron chi connectivity index (χ3n) is 9.82. The van der Waals surface area contributed by atoms with Gasteiger partial charge in [-0.25, -0.2) is 35.1 Å². The minimum absolute atomic E-state index is 0.137. The zero-order valence-corrected chi connectivity index (χ0v) is 28.5. The minimum Gasteiger partial charge on any atom is -0.454 e. The highest BCUT2D eigenvalue weighted by Crippen LogP contribution is 2.43. The lowest BCUT2D eigenvalue weighted by atomic mass is 9.98. The van der Waals surface area contributed by atoms with Crippen molar-refractivity contribution in [2.24, 2.45) is 0 Å². The molecule has 284 valence electrons. The lowest BCUT2D eigenvalue weighted by molar-refractivity contribution is -0.143. The van der Waals surface area contributed by atoms with Gasteiger partial charge in [-0.3, -0.25) is 9.97 Å². The fourth-order valence-electron chi connectivity index (χ4n) is 7.04. The van der Waals surface area contributed by atoms with E-state index in [0.717, 1.165) is 19.1 Å². The number of benzene rings is 5. The second-order valence-corrected chi connectivity index (χ2v) is 13.0. The van der Waals surface area contributed by atoms with E-state index >= 15 is 0 Å². The summed E-state index contributed by atoms with van der Waals surface area (Å²) in [4.78, 5) is 8.70. The molecule has 4 aromatic heterocycles. The van der Waals surface area contributed by atoms with Crippen LogP contribution in [0.3, 0.4) is 0 Å². The van der Waals surface area contributed by atoms with E-state index in [0.29, 0.717) is 38.7 Å². The summed E-state index contributed by atoms with van der Waals surface area (Å²) < 4.78 is 169. The lowest BCUT2D eigenvalue weighted by Gasteiger charge is -2.14. The maximum atomic E-state index is 14.9. The van der Waals surface area contributed by atoms with E-state index in [9.17, 15) is 48.3 Å². The molecule has 9 rings (SSSR count). The third kappa shape index (κ3) is 5.35. The molecule has 0 unspecified atom stereocenters. The van der Waals surface area contributed by atoms with E-state index in [1.165, 1.54) is 36.7 Å². The monoisotopic (exact) mass is 790 g/mol. The Bertz CT molecular complexity index is 3110. The number of hydrogen-bond acceptors (Lipinski definition) is 4. The first-order chi connectivity index (χ1) is 27.1. The number of aromatic nitrogens is 2. The molecule has 0 radical (unpaired) electrons. The molecule has 0 bridgehead atoms. The number of alkyl halides is 3. The van der Waals surface area contributed by atoms with Crippen LogP contribution in [0.25, 0.3) is 88.6 Å². The van der Waals surface area contributed by atoms with Crippen LogP contribution in [0.4, 0.5) is 48.3 Å². The Hall–Kier alpha value is -6.77. The standard InChI is InChI=1S/C42H17F11N2O2/c1-16-30(43)32(45)27(33(46)31(16)44)19-6-8-25-23(14-19)38-40(56-25)21(10-12-54-38)17-2-4-18(5-3-17)22-11-13-55-39-24-15-20(7-9-26(24)57-41(22)39)28-34(47)36(49)29(42(51,52)53)37(50)35(28)48/h2-15H,1H3. The second-order valence-electron chi connectivity index (χ2n) is 13.0. The summed E-state index contributed by atoms with van der Waals surface area (Å²) in [6.07, 6.45) is -2.79. The highest BCUT2D eigenvalue weighted by molar-refractivity contribution is 6.10. The van der Waals surface area contributed by atoms with Crippen molar-refractivity contribution in [2.75, 3.05) is 0 Å². The van der Waals surface area contributed by atoms with Crippen LogP contribution in [0.2, 0.25) is 0 Å². The molecule has 0 amide bonds. The zero-order valence-electron chi connectivity index (χ0n) is 28.5. The number of hydrogen-bond donors (Lipinski definition) is 0. The zero-order chi connectivity index (χ0) is 40.2. The molecular formula is C42H17F11N2O2. The topological polar surface area (TPSA) is 52.1 Å². The van der Waals surface area contributed by atoms with E-state index in [4.69, 9.17) is 8.83 Å². The molecule has 0 aliphatic rings. The maximum Gasteiger partial charge on any atom is 0.422 e. The van der Waals surface area contributed by atoms with Crippen LogP contribution in [0.1, 0.15) is 11.1 Å². The van der Waals surface area contributed by atoms with Gasteiger partial charge >= 0.3 is 6.18 Å². The fourth-order valence-corrected chi connectivity index (χ4v) is 7.04. The van der Waals surface area contributed by atoms with Gasteiger partial charge in [0.05, 0.1) is 11.1 Å². The first-order valence-electron chi connectivity index (χ1n) is 16.7. The quantitative estimate of drug-likeness (QED) is 0.132. The van der Waals surface area contributed by atoms with Gasteiger partial charge < -0.3 is 8.83 Å². The number of fused-ring (bicyclic) bond motifs is 6. The van der Waals surface area contributed by atoms with Crippen molar-refractivity contribution in [2.45, 2.75) is 13.1 Å². The lowest BCUT2D eigenvalue weighted by Crippen LogP contribution is -2.16. The highest BCUT2D eigenvalue weighted by Gasteiger charge is 2.42. The van der Waals surface area contributed by atoms with Gasteiger partial charge in [-0.1, -0.05) is 36.4 Å². The summed E-state index contributed by atoms with van der Waals surface area (Å²) in [7, 11) is 0. The second kappa shape index (κ2) is 12.6. The van der Waals surface area contributed by atoms with Crippen LogP contribution >= 0.6 is 0 Å². The number of halogens is 11. The summed E-state index contributed by atoms with van der Waals surface area (Å²) in [5.41, 5.74) is -2.52. The summed E-state index contributed by atoms with van der Waals surface area (Å²) in [5, 5.41) is 0.475. The average molecular weight is 791 g/mol. The Labute approximate surface area is 311 Å². The maximum absolute atomic E-state index is 14.9. The molecule has 0 N–H and O–H groups in total. The largest absolute Gasteiger partial charge is 0.454 e. The van der Waals surface area contributed by atoms with Gasteiger partial charge in [0, 0.05) is 39.9 Å². The van der Waals surface area contributed by atoms with Gasteiger partial charge in [0.1, 0.15) is 27.8 Å². The molecule has 0 fully saturated rings. The molecule has 0 saturated carbocycles. The predicted octanol–water partition coefficient (Wildman–Crippen LogP) is 13.4.